The third kappa shape index (κ3) is 3.59. The smallest absolute Gasteiger partial charge is 0.134 e. The first-order chi connectivity index (χ1) is 8.77. The van der Waals surface area contributed by atoms with Crippen molar-refractivity contribution in [3.05, 3.63) is 64.1 Å². The highest BCUT2D eigenvalue weighted by molar-refractivity contribution is 9.10. The summed E-state index contributed by atoms with van der Waals surface area (Å²) in [6, 6.07) is 16.1. The van der Waals surface area contributed by atoms with Crippen molar-refractivity contribution in [1.29, 1.82) is 0 Å². The van der Waals surface area contributed by atoms with E-state index in [1.807, 2.05) is 24.3 Å². The largest absolute Gasteiger partial charge is 0.506 e. The minimum Gasteiger partial charge on any atom is -0.506 e. The Hall–Kier alpha value is -1.32. The van der Waals surface area contributed by atoms with Crippen LogP contribution in [0.25, 0.3) is 0 Å². The van der Waals surface area contributed by atoms with Crippen molar-refractivity contribution in [2.75, 3.05) is 6.54 Å². The Balaban J connectivity index is 1.81. The summed E-state index contributed by atoms with van der Waals surface area (Å²) >= 11 is 3.31. The van der Waals surface area contributed by atoms with Crippen molar-refractivity contribution in [3.8, 4) is 5.75 Å². The molecule has 0 unspecified atom stereocenters. The molecule has 0 spiro atoms. The number of para-hydroxylation sites is 1. The summed E-state index contributed by atoms with van der Waals surface area (Å²) in [5, 5.41) is 13.2. The second-order valence-electron chi connectivity index (χ2n) is 4.16. The summed E-state index contributed by atoms with van der Waals surface area (Å²) in [4.78, 5) is 0. The van der Waals surface area contributed by atoms with Gasteiger partial charge < -0.3 is 10.4 Å². The monoisotopic (exact) mass is 305 g/mol. The second-order valence-corrected chi connectivity index (χ2v) is 5.01. The first-order valence-electron chi connectivity index (χ1n) is 5.98. The van der Waals surface area contributed by atoms with Crippen LogP contribution < -0.4 is 5.32 Å². The van der Waals surface area contributed by atoms with E-state index >= 15 is 0 Å². The zero-order chi connectivity index (χ0) is 12.8. The van der Waals surface area contributed by atoms with Gasteiger partial charge in [0.25, 0.3) is 0 Å². The molecule has 2 rings (SSSR count). The molecule has 0 saturated carbocycles. The summed E-state index contributed by atoms with van der Waals surface area (Å²) in [5.41, 5.74) is 2.24. The Morgan fingerprint density at radius 1 is 1.00 bits per heavy atom. The zero-order valence-electron chi connectivity index (χ0n) is 10.1. The third-order valence-corrected chi connectivity index (χ3v) is 3.46. The van der Waals surface area contributed by atoms with E-state index < -0.39 is 0 Å². The summed E-state index contributed by atoms with van der Waals surface area (Å²) in [6.07, 6.45) is 0.996. The first-order valence-corrected chi connectivity index (χ1v) is 6.77. The van der Waals surface area contributed by atoms with Gasteiger partial charge in [-0.2, -0.15) is 0 Å². The van der Waals surface area contributed by atoms with Gasteiger partial charge in [0.05, 0.1) is 4.47 Å². The fourth-order valence-corrected chi connectivity index (χ4v) is 2.21. The molecule has 94 valence electrons. The predicted molar refractivity (Wildman–Crippen MR) is 77.7 cm³/mol. The van der Waals surface area contributed by atoms with Gasteiger partial charge in [0, 0.05) is 12.1 Å². The van der Waals surface area contributed by atoms with E-state index in [-0.39, 0.29) is 0 Å². The number of hydrogen-bond donors (Lipinski definition) is 2. The van der Waals surface area contributed by atoms with Gasteiger partial charge in [-0.25, -0.2) is 0 Å². The Labute approximate surface area is 116 Å². The average molecular weight is 306 g/mol. The quantitative estimate of drug-likeness (QED) is 0.829. The molecule has 0 radical (unpaired) electrons. The van der Waals surface area contributed by atoms with Crippen LogP contribution in [-0.2, 0) is 13.0 Å². The third-order valence-electron chi connectivity index (χ3n) is 2.82. The summed E-state index contributed by atoms with van der Waals surface area (Å²) in [6.45, 7) is 1.58. The highest BCUT2D eigenvalue weighted by Gasteiger charge is 2.03. The molecule has 0 atom stereocenters. The molecule has 2 aromatic rings. The van der Waals surface area contributed by atoms with Gasteiger partial charge >= 0.3 is 0 Å². The molecule has 0 aliphatic rings. The Bertz CT molecular complexity index is 499. The minimum absolute atomic E-state index is 0.324. The maximum absolute atomic E-state index is 9.83. The number of rotatable bonds is 5. The molecule has 0 fully saturated rings. The topological polar surface area (TPSA) is 32.3 Å². The van der Waals surface area contributed by atoms with Crippen molar-refractivity contribution in [2.45, 2.75) is 13.0 Å². The van der Waals surface area contributed by atoms with E-state index in [4.69, 9.17) is 0 Å². The number of halogens is 1. The standard InChI is InChI=1S/C15H16BrNO/c16-14-8-4-7-13(15(14)18)11-17-10-9-12-5-2-1-3-6-12/h1-8,17-18H,9-11H2. The van der Waals surface area contributed by atoms with Gasteiger partial charge in [-0.15, -0.1) is 0 Å². The lowest BCUT2D eigenvalue weighted by atomic mass is 10.1. The number of phenolic OH excluding ortho intramolecular Hbond substituents is 1. The molecule has 0 saturated heterocycles. The lowest BCUT2D eigenvalue weighted by Crippen LogP contribution is -2.16. The van der Waals surface area contributed by atoms with E-state index in [2.05, 4.69) is 45.5 Å². The number of nitrogens with one attached hydrogen (secondary N) is 1. The predicted octanol–water partition coefficient (Wildman–Crippen LogP) is 3.49. The van der Waals surface area contributed by atoms with Gasteiger partial charge in [0.15, 0.2) is 0 Å². The van der Waals surface area contributed by atoms with Crippen LogP contribution in [0.1, 0.15) is 11.1 Å². The Morgan fingerprint density at radius 2 is 1.78 bits per heavy atom. The fourth-order valence-electron chi connectivity index (χ4n) is 1.80. The van der Waals surface area contributed by atoms with Crippen molar-refractivity contribution in [1.82, 2.24) is 5.32 Å². The maximum atomic E-state index is 9.83. The number of phenols is 1. The molecule has 0 aromatic heterocycles. The van der Waals surface area contributed by atoms with E-state index in [0.717, 1.165) is 23.0 Å². The van der Waals surface area contributed by atoms with Gasteiger partial charge in [0.2, 0.25) is 0 Å². The van der Waals surface area contributed by atoms with Gasteiger partial charge in [-0.05, 0) is 40.5 Å². The van der Waals surface area contributed by atoms with E-state index in [1.54, 1.807) is 0 Å². The molecule has 0 bridgehead atoms. The molecule has 0 aliphatic carbocycles. The second kappa shape index (κ2) is 6.57. The van der Waals surface area contributed by atoms with Crippen LogP contribution in [0.4, 0.5) is 0 Å². The zero-order valence-corrected chi connectivity index (χ0v) is 11.7. The van der Waals surface area contributed by atoms with Crippen molar-refractivity contribution < 1.29 is 5.11 Å². The van der Waals surface area contributed by atoms with Crippen molar-refractivity contribution in [3.63, 3.8) is 0 Å². The molecule has 2 N–H and O–H groups in total. The molecule has 2 aromatic carbocycles. The summed E-state index contributed by atoms with van der Waals surface area (Å²) < 4.78 is 0.741. The van der Waals surface area contributed by atoms with Crippen LogP contribution in [-0.4, -0.2) is 11.7 Å². The van der Waals surface area contributed by atoms with Gasteiger partial charge in [-0.1, -0.05) is 42.5 Å². The minimum atomic E-state index is 0.324. The van der Waals surface area contributed by atoms with Crippen molar-refractivity contribution >= 4 is 15.9 Å². The number of benzene rings is 2. The van der Waals surface area contributed by atoms with Crippen LogP contribution >= 0.6 is 15.9 Å². The summed E-state index contributed by atoms with van der Waals surface area (Å²) in [7, 11) is 0. The molecule has 2 nitrogen and oxygen atoms in total. The van der Waals surface area contributed by atoms with E-state index in [0.29, 0.717) is 12.3 Å². The molecular weight excluding hydrogens is 290 g/mol. The number of aromatic hydroxyl groups is 1. The van der Waals surface area contributed by atoms with Crippen LogP contribution in [0, 0.1) is 0 Å². The van der Waals surface area contributed by atoms with E-state index in [1.165, 1.54) is 5.56 Å². The SMILES string of the molecule is Oc1c(Br)cccc1CNCCc1ccccc1. The van der Waals surface area contributed by atoms with Gasteiger partial charge in [0.1, 0.15) is 5.75 Å². The average Bonchev–Trinajstić information content (AvgIpc) is 2.40. The summed E-state index contributed by atoms with van der Waals surface area (Å²) in [5.74, 6) is 0.324. The molecule has 0 heterocycles. The Kier molecular flexibility index (Phi) is 4.79. The lowest BCUT2D eigenvalue weighted by molar-refractivity contribution is 0.461. The fraction of sp³-hybridized carbons (Fsp3) is 0.200. The molecular formula is C15H16BrNO. The highest BCUT2D eigenvalue weighted by atomic mass is 79.9. The molecule has 3 heteroatoms. The first kappa shape index (κ1) is 13.1. The van der Waals surface area contributed by atoms with Gasteiger partial charge in [-0.3, -0.25) is 0 Å². The van der Waals surface area contributed by atoms with E-state index in [9.17, 15) is 5.11 Å². The number of hydrogen-bond acceptors (Lipinski definition) is 2. The van der Waals surface area contributed by atoms with Crippen LogP contribution in [0.2, 0.25) is 0 Å². The highest BCUT2D eigenvalue weighted by Crippen LogP contribution is 2.27. The normalized spacial score (nSPS) is 10.5. The lowest BCUT2D eigenvalue weighted by Gasteiger charge is -2.08. The molecule has 18 heavy (non-hydrogen) atoms. The van der Waals surface area contributed by atoms with Crippen molar-refractivity contribution in [2.24, 2.45) is 0 Å². The molecule has 0 aliphatic heterocycles. The Morgan fingerprint density at radius 3 is 2.56 bits per heavy atom. The molecule has 0 amide bonds. The van der Waals surface area contributed by atoms with Crippen LogP contribution in [0.5, 0.6) is 5.75 Å². The van der Waals surface area contributed by atoms with Crippen LogP contribution in [0.3, 0.4) is 0 Å². The maximum Gasteiger partial charge on any atom is 0.134 e. The van der Waals surface area contributed by atoms with Crippen LogP contribution in [0.15, 0.2) is 53.0 Å².